The average Bonchev–Trinajstić information content (AvgIpc) is 3.27. The number of esters is 1. The van der Waals surface area contributed by atoms with Crippen LogP contribution in [0.4, 0.5) is 4.39 Å². The Labute approximate surface area is 123 Å². The Bertz CT molecular complexity index is 523. The van der Waals surface area contributed by atoms with Gasteiger partial charge in [0, 0.05) is 6.54 Å². The third-order valence-corrected chi connectivity index (χ3v) is 3.85. The Morgan fingerprint density at radius 3 is 2.33 bits per heavy atom. The molecule has 1 aliphatic rings. The first kappa shape index (κ1) is 15.5. The highest BCUT2D eigenvalue weighted by molar-refractivity contribution is 5.93. The van der Waals surface area contributed by atoms with Crippen LogP contribution in [0.5, 0.6) is 0 Å². The van der Waals surface area contributed by atoms with E-state index in [0.29, 0.717) is 13.2 Å². The largest absolute Gasteiger partial charge is 0.465 e. The number of hydrogen-bond donors (Lipinski definition) is 0. The Morgan fingerprint density at radius 2 is 1.86 bits per heavy atom. The number of halogens is 1. The van der Waals surface area contributed by atoms with E-state index in [9.17, 15) is 14.0 Å². The highest BCUT2D eigenvalue weighted by atomic mass is 19.1. The van der Waals surface area contributed by atoms with Gasteiger partial charge in [-0.25, -0.2) is 4.39 Å². The van der Waals surface area contributed by atoms with Crippen LogP contribution in [0.3, 0.4) is 0 Å². The Morgan fingerprint density at radius 1 is 1.24 bits per heavy atom. The number of likely N-dealkylation sites (N-methyl/N-ethyl adjacent to an activating group) is 1. The summed E-state index contributed by atoms with van der Waals surface area (Å²) in [4.78, 5) is 25.8. The maximum absolute atomic E-state index is 13.0. The fraction of sp³-hybridized carbons (Fsp3) is 0.500. The van der Waals surface area contributed by atoms with Crippen molar-refractivity contribution in [3.8, 4) is 0 Å². The summed E-state index contributed by atoms with van der Waals surface area (Å²) in [5.74, 6) is -0.798. The molecule has 0 radical (unpaired) electrons. The van der Waals surface area contributed by atoms with Crippen LogP contribution in [-0.2, 0) is 19.7 Å². The first-order valence-corrected chi connectivity index (χ1v) is 7.24. The van der Waals surface area contributed by atoms with Crippen LogP contribution in [0.15, 0.2) is 24.3 Å². The number of ether oxygens (including phenoxy) is 1. The molecule has 114 valence electrons. The fourth-order valence-electron chi connectivity index (χ4n) is 2.51. The van der Waals surface area contributed by atoms with E-state index in [1.165, 1.54) is 17.0 Å². The summed E-state index contributed by atoms with van der Waals surface area (Å²) in [6.07, 6.45) is 1.47. The second-order valence-electron chi connectivity index (χ2n) is 5.21. The summed E-state index contributed by atoms with van der Waals surface area (Å²) in [5, 5.41) is 0. The number of amides is 1. The molecular weight excluding hydrogens is 273 g/mol. The summed E-state index contributed by atoms with van der Waals surface area (Å²) >= 11 is 0. The fourth-order valence-corrected chi connectivity index (χ4v) is 2.51. The lowest BCUT2D eigenvalue weighted by atomic mass is 9.94. The molecule has 1 aromatic rings. The molecule has 5 heteroatoms. The predicted molar refractivity (Wildman–Crippen MR) is 76.2 cm³/mol. The van der Waals surface area contributed by atoms with Gasteiger partial charge in [0.25, 0.3) is 0 Å². The van der Waals surface area contributed by atoms with E-state index in [0.717, 1.165) is 18.4 Å². The molecule has 1 saturated carbocycles. The minimum absolute atomic E-state index is 0.0356. The first-order chi connectivity index (χ1) is 10.0. The standard InChI is InChI=1S/C16H20FNO3/c1-3-18(11-14(19)21-4-2)15(20)16(9-10-16)12-5-7-13(17)8-6-12/h5-8H,3-4,9-11H2,1-2H3. The molecule has 1 fully saturated rings. The topological polar surface area (TPSA) is 46.6 Å². The Hall–Kier alpha value is -1.91. The zero-order chi connectivity index (χ0) is 15.5. The lowest BCUT2D eigenvalue weighted by molar-refractivity contribution is -0.149. The van der Waals surface area contributed by atoms with Gasteiger partial charge in [0.2, 0.25) is 5.91 Å². The smallest absolute Gasteiger partial charge is 0.325 e. The molecular formula is C16H20FNO3. The monoisotopic (exact) mass is 293 g/mol. The molecule has 0 aliphatic heterocycles. The first-order valence-electron chi connectivity index (χ1n) is 7.24. The van der Waals surface area contributed by atoms with Crippen molar-refractivity contribution in [1.29, 1.82) is 0 Å². The van der Waals surface area contributed by atoms with E-state index in [1.807, 2.05) is 6.92 Å². The average molecular weight is 293 g/mol. The molecule has 2 rings (SSSR count). The molecule has 21 heavy (non-hydrogen) atoms. The predicted octanol–water partition coefficient (Wildman–Crippen LogP) is 2.27. The van der Waals surface area contributed by atoms with Crippen molar-refractivity contribution in [2.75, 3.05) is 19.7 Å². The number of carbonyl (C=O) groups is 2. The summed E-state index contributed by atoms with van der Waals surface area (Å²) in [6.45, 7) is 4.27. The third kappa shape index (κ3) is 3.23. The SMILES string of the molecule is CCOC(=O)CN(CC)C(=O)C1(c2ccc(F)cc2)CC1. The number of benzene rings is 1. The summed E-state index contributed by atoms with van der Waals surface area (Å²) in [7, 11) is 0. The molecule has 1 aromatic carbocycles. The van der Waals surface area contributed by atoms with Gasteiger partial charge in [0.05, 0.1) is 12.0 Å². The van der Waals surface area contributed by atoms with E-state index >= 15 is 0 Å². The van der Waals surface area contributed by atoms with Crippen LogP contribution in [0, 0.1) is 5.82 Å². The lowest BCUT2D eigenvalue weighted by Crippen LogP contribution is -2.42. The molecule has 0 N–H and O–H groups in total. The van der Waals surface area contributed by atoms with Gasteiger partial charge in [-0.3, -0.25) is 9.59 Å². The van der Waals surface area contributed by atoms with Gasteiger partial charge >= 0.3 is 5.97 Å². The number of nitrogens with zero attached hydrogens (tertiary/aromatic N) is 1. The zero-order valence-electron chi connectivity index (χ0n) is 12.4. The maximum Gasteiger partial charge on any atom is 0.325 e. The molecule has 0 bridgehead atoms. The van der Waals surface area contributed by atoms with Gasteiger partial charge in [0.1, 0.15) is 12.4 Å². The highest BCUT2D eigenvalue weighted by Crippen LogP contribution is 2.49. The highest BCUT2D eigenvalue weighted by Gasteiger charge is 2.53. The van der Waals surface area contributed by atoms with Gasteiger partial charge < -0.3 is 9.64 Å². The van der Waals surface area contributed by atoms with E-state index in [-0.39, 0.29) is 18.3 Å². The van der Waals surface area contributed by atoms with Crippen molar-refractivity contribution in [3.63, 3.8) is 0 Å². The second-order valence-corrected chi connectivity index (χ2v) is 5.21. The van der Waals surface area contributed by atoms with E-state index in [1.54, 1.807) is 19.1 Å². The normalized spacial score (nSPS) is 15.4. The van der Waals surface area contributed by atoms with Crippen molar-refractivity contribution in [1.82, 2.24) is 4.90 Å². The van der Waals surface area contributed by atoms with Crippen LogP contribution < -0.4 is 0 Å². The van der Waals surface area contributed by atoms with Crippen LogP contribution in [0.1, 0.15) is 32.3 Å². The van der Waals surface area contributed by atoms with Gasteiger partial charge in [0.15, 0.2) is 0 Å². The summed E-state index contributed by atoms with van der Waals surface area (Å²) < 4.78 is 17.9. The van der Waals surface area contributed by atoms with Crippen LogP contribution in [0.2, 0.25) is 0 Å². The van der Waals surface area contributed by atoms with Gasteiger partial charge in [-0.2, -0.15) is 0 Å². The molecule has 0 atom stereocenters. The third-order valence-electron chi connectivity index (χ3n) is 3.85. The summed E-state index contributed by atoms with van der Waals surface area (Å²) in [5.41, 5.74) is 0.229. The Kier molecular flexibility index (Phi) is 4.60. The molecule has 0 aromatic heterocycles. The number of rotatable bonds is 6. The van der Waals surface area contributed by atoms with Gasteiger partial charge in [-0.05, 0) is 44.4 Å². The summed E-state index contributed by atoms with van der Waals surface area (Å²) in [6, 6.07) is 6.03. The molecule has 0 spiro atoms. The van der Waals surface area contributed by atoms with Gasteiger partial charge in [-0.15, -0.1) is 0 Å². The van der Waals surface area contributed by atoms with Gasteiger partial charge in [-0.1, -0.05) is 12.1 Å². The quantitative estimate of drug-likeness (QED) is 0.756. The van der Waals surface area contributed by atoms with Crippen molar-refractivity contribution >= 4 is 11.9 Å². The van der Waals surface area contributed by atoms with Crippen LogP contribution in [0.25, 0.3) is 0 Å². The molecule has 1 aliphatic carbocycles. The number of hydrogen-bond acceptors (Lipinski definition) is 3. The van der Waals surface area contributed by atoms with Crippen molar-refractivity contribution < 1.29 is 18.7 Å². The second kappa shape index (κ2) is 6.24. The number of carbonyl (C=O) groups excluding carboxylic acids is 2. The van der Waals surface area contributed by atoms with Crippen molar-refractivity contribution in [2.24, 2.45) is 0 Å². The molecule has 0 saturated heterocycles. The minimum atomic E-state index is -0.587. The van der Waals surface area contributed by atoms with Crippen molar-refractivity contribution in [2.45, 2.75) is 32.1 Å². The molecule has 0 unspecified atom stereocenters. The van der Waals surface area contributed by atoms with Crippen LogP contribution >= 0.6 is 0 Å². The molecule has 4 nitrogen and oxygen atoms in total. The van der Waals surface area contributed by atoms with E-state index in [2.05, 4.69) is 0 Å². The van der Waals surface area contributed by atoms with E-state index < -0.39 is 11.4 Å². The zero-order valence-corrected chi connectivity index (χ0v) is 12.4. The van der Waals surface area contributed by atoms with E-state index in [4.69, 9.17) is 4.74 Å². The molecule has 1 amide bonds. The van der Waals surface area contributed by atoms with Crippen LogP contribution in [-0.4, -0.2) is 36.5 Å². The Balaban J connectivity index is 2.13. The minimum Gasteiger partial charge on any atom is -0.465 e. The molecule has 0 heterocycles. The lowest BCUT2D eigenvalue weighted by Gasteiger charge is -2.25. The van der Waals surface area contributed by atoms with Crippen molar-refractivity contribution in [3.05, 3.63) is 35.6 Å². The maximum atomic E-state index is 13.0.